The maximum Gasteiger partial charge on any atom is 0.302 e. The van der Waals surface area contributed by atoms with Gasteiger partial charge in [0.1, 0.15) is 0 Å². The van der Waals surface area contributed by atoms with E-state index in [1.807, 2.05) is 62.4 Å². The number of rotatable bonds is 1. The van der Waals surface area contributed by atoms with Gasteiger partial charge in [0.15, 0.2) is 0 Å². The second-order valence-electron chi connectivity index (χ2n) is 4.77. The summed E-state index contributed by atoms with van der Waals surface area (Å²) in [6.07, 6.45) is 0. The molecular weight excluding hydrogens is 246 g/mol. The van der Waals surface area contributed by atoms with E-state index in [-0.39, 0.29) is 5.91 Å². The fourth-order valence-corrected chi connectivity index (χ4v) is 1.92. The first-order chi connectivity index (χ1) is 9.58. The number of anilines is 1. The lowest BCUT2D eigenvalue weighted by molar-refractivity contribution is -0.113. The van der Waals surface area contributed by atoms with Crippen molar-refractivity contribution in [3.8, 4) is 11.8 Å². The summed E-state index contributed by atoms with van der Waals surface area (Å²) in [5.41, 5.74) is 3.93. The van der Waals surface area contributed by atoms with E-state index in [0.29, 0.717) is 0 Å². The van der Waals surface area contributed by atoms with Gasteiger partial charge in [-0.05, 0) is 43.2 Å². The molecule has 20 heavy (non-hydrogen) atoms. The quantitative estimate of drug-likeness (QED) is 0.723. The van der Waals surface area contributed by atoms with Gasteiger partial charge in [0.25, 0.3) is 0 Å². The van der Waals surface area contributed by atoms with Crippen LogP contribution in [0.3, 0.4) is 0 Å². The minimum Gasteiger partial charge on any atom is -0.304 e. The second kappa shape index (κ2) is 6.08. The molecule has 0 N–H and O–H groups in total. The molecule has 2 aromatic carbocycles. The van der Waals surface area contributed by atoms with E-state index in [2.05, 4.69) is 11.8 Å². The summed E-state index contributed by atoms with van der Waals surface area (Å²) in [6, 6.07) is 15.6. The first-order valence-electron chi connectivity index (χ1n) is 6.50. The average Bonchev–Trinajstić information content (AvgIpc) is 2.47. The van der Waals surface area contributed by atoms with Crippen LogP contribution in [0, 0.1) is 25.7 Å². The number of hydrogen-bond donors (Lipinski definition) is 0. The molecule has 0 bridgehead atoms. The topological polar surface area (TPSA) is 20.3 Å². The third-order valence-corrected chi connectivity index (χ3v) is 3.12. The molecule has 0 aliphatic rings. The standard InChI is InChI=1S/C18H17NO/c1-14-9-10-15(2)17(13-14)19(3)18(20)12-11-16-7-5-4-6-8-16/h4-10,13H,1-3H3. The van der Waals surface area contributed by atoms with E-state index >= 15 is 0 Å². The van der Waals surface area contributed by atoms with Crippen molar-refractivity contribution in [1.29, 1.82) is 0 Å². The van der Waals surface area contributed by atoms with E-state index in [4.69, 9.17) is 0 Å². The summed E-state index contributed by atoms with van der Waals surface area (Å²) in [5, 5.41) is 0. The van der Waals surface area contributed by atoms with Crippen molar-refractivity contribution in [1.82, 2.24) is 0 Å². The van der Waals surface area contributed by atoms with Crippen molar-refractivity contribution >= 4 is 11.6 Å². The molecule has 2 aromatic rings. The molecule has 0 aliphatic carbocycles. The number of carbonyl (C=O) groups excluding carboxylic acids is 1. The number of carbonyl (C=O) groups is 1. The summed E-state index contributed by atoms with van der Waals surface area (Å²) in [5.74, 6) is 5.36. The summed E-state index contributed by atoms with van der Waals surface area (Å²) in [6.45, 7) is 4.00. The molecule has 0 saturated carbocycles. The predicted molar refractivity (Wildman–Crippen MR) is 82.6 cm³/mol. The fourth-order valence-electron chi connectivity index (χ4n) is 1.92. The predicted octanol–water partition coefficient (Wildman–Crippen LogP) is 3.32. The molecule has 0 saturated heterocycles. The Kier molecular flexibility index (Phi) is 4.22. The number of nitrogens with zero attached hydrogens (tertiary/aromatic N) is 1. The number of benzene rings is 2. The molecule has 0 aliphatic heterocycles. The molecule has 0 fully saturated rings. The van der Waals surface area contributed by atoms with Gasteiger partial charge in [0, 0.05) is 24.2 Å². The number of aryl methyl sites for hydroxylation is 2. The molecule has 2 nitrogen and oxygen atoms in total. The van der Waals surface area contributed by atoms with Crippen LogP contribution in [0.2, 0.25) is 0 Å². The fraction of sp³-hybridized carbons (Fsp3) is 0.167. The molecule has 2 rings (SSSR count). The lowest BCUT2D eigenvalue weighted by Crippen LogP contribution is -2.25. The molecule has 0 atom stereocenters. The highest BCUT2D eigenvalue weighted by atomic mass is 16.2. The van der Waals surface area contributed by atoms with Gasteiger partial charge >= 0.3 is 5.91 Å². The highest BCUT2D eigenvalue weighted by molar-refractivity contribution is 6.06. The lowest BCUT2D eigenvalue weighted by Gasteiger charge is -2.17. The van der Waals surface area contributed by atoms with E-state index in [9.17, 15) is 4.79 Å². The maximum absolute atomic E-state index is 12.1. The van der Waals surface area contributed by atoms with Crippen molar-refractivity contribution < 1.29 is 4.79 Å². The minimum atomic E-state index is -0.206. The first-order valence-corrected chi connectivity index (χ1v) is 6.50. The molecule has 100 valence electrons. The third-order valence-electron chi connectivity index (χ3n) is 3.12. The van der Waals surface area contributed by atoms with Crippen LogP contribution < -0.4 is 4.90 Å². The number of amides is 1. The molecular formula is C18H17NO. The Hall–Kier alpha value is -2.53. The van der Waals surface area contributed by atoms with Crippen LogP contribution in [-0.2, 0) is 4.79 Å². The van der Waals surface area contributed by atoms with Crippen molar-refractivity contribution in [3.63, 3.8) is 0 Å². The van der Waals surface area contributed by atoms with Gasteiger partial charge in [-0.1, -0.05) is 36.3 Å². The van der Waals surface area contributed by atoms with E-state index in [1.165, 1.54) is 0 Å². The van der Waals surface area contributed by atoms with E-state index < -0.39 is 0 Å². The molecule has 1 amide bonds. The lowest BCUT2D eigenvalue weighted by atomic mass is 10.1. The molecule has 0 aromatic heterocycles. The van der Waals surface area contributed by atoms with Gasteiger partial charge in [-0.25, -0.2) is 0 Å². The molecule has 2 heteroatoms. The van der Waals surface area contributed by atoms with E-state index in [1.54, 1.807) is 11.9 Å². The van der Waals surface area contributed by atoms with Crippen molar-refractivity contribution in [3.05, 3.63) is 65.2 Å². The van der Waals surface area contributed by atoms with Crippen molar-refractivity contribution in [2.45, 2.75) is 13.8 Å². The highest BCUT2D eigenvalue weighted by Crippen LogP contribution is 2.20. The van der Waals surface area contributed by atoms with Crippen LogP contribution in [0.15, 0.2) is 48.5 Å². The van der Waals surface area contributed by atoms with Crippen LogP contribution in [0.25, 0.3) is 0 Å². The zero-order valence-corrected chi connectivity index (χ0v) is 12.0. The SMILES string of the molecule is Cc1ccc(C)c(N(C)C(=O)C#Cc2ccccc2)c1. The normalized spacial score (nSPS) is 9.55. The van der Waals surface area contributed by atoms with Gasteiger partial charge in [-0.15, -0.1) is 0 Å². The Morgan fingerprint density at radius 3 is 2.45 bits per heavy atom. The monoisotopic (exact) mass is 263 g/mol. The summed E-state index contributed by atoms with van der Waals surface area (Å²) in [7, 11) is 1.75. The van der Waals surface area contributed by atoms with Gasteiger partial charge in [-0.2, -0.15) is 0 Å². The smallest absolute Gasteiger partial charge is 0.302 e. The first kappa shape index (κ1) is 13.9. The zero-order chi connectivity index (χ0) is 14.5. The second-order valence-corrected chi connectivity index (χ2v) is 4.77. The van der Waals surface area contributed by atoms with Gasteiger partial charge in [0.05, 0.1) is 0 Å². The van der Waals surface area contributed by atoms with Crippen molar-refractivity contribution in [2.24, 2.45) is 0 Å². The largest absolute Gasteiger partial charge is 0.304 e. The Bertz CT molecular complexity index is 678. The van der Waals surface area contributed by atoms with E-state index in [0.717, 1.165) is 22.4 Å². The Morgan fingerprint density at radius 2 is 1.75 bits per heavy atom. The van der Waals surface area contributed by atoms with Crippen LogP contribution in [0.1, 0.15) is 16.7 Å². The average molecular weight is 263 g/mol. The third kappa shape index (κ3) is 3.27. The molecule has 0 spiro atoms. The van der Waals surface area contributed by atoms with Crippen LogP contribution >= 0.6 is 0 Å². The Balaban J connectivity index is 2.21. The van der Waals surface area contributed by atoms with Crippen LogP contribution in [0.4, 0.5) is 5.69 Å². The van der Waals surface area contributed by atoms with Crippen molar-refractivity contribution in [2.75, 3.05) is 11.9 Å². The van der Waals surface area contributed by atoms with Gasteiger partial charge in [-0.3, -0.25) is 4.79 Å². The van der Waals surface area contributed by atoms with Gasteiger partial charge in [0.2, 0.25) is 0 Å². The summed E-state index contributed by atoms with van der Waals surface area (Å²) in [4.78, 5) is 13.7. The summed E-state index contributed by atoms with van der Waals surface area (Å²) < 4.78 is 0. The number of hydrogen-bond acceptors (Lipinski definition) is 1. The molecule has 0 heterocycles. The minimum absolute atomic E-state index is 0.206. The molecule has 0 unspecified atom stereocenters. The zero-order valence-electron chi connectivity index (χ0n) is 12.0. The Morgan fingerprint density at radius 1 is 1.05 bits per heavy atom. The highest BCUT2D eigenvalue weighted by Gasteiger charge is 2.10. The Labute approximate surface area is 120 Å². The molecule has 0 radical (unpaired) electrons. The van der Waals surface area contributed by atoms with Gasteiger partial charge < -0.3 is 4.90 Å². The van der Waals surface area contributed by atoms with Crippen LogP contribution in [-0.4, -0.2) is 13.0 Å². The van der Waals surface area contributed by atoms with Crippen LogP contribution in [0.5, 0.6) is 0 Å². The summed E-state index contributed by atoms with van der Waals surface area (Å²) >= 11 is 0. The maximum atomic E-state index is 12.1.